The van der Waals surface area contributed by atoms with Crippen molar-refractivity contribution >= 4 is 58.5 Å². The van der Waals surface area contributed by atoms with Crippen molar-refractivity contribution in [3.63, 3.8) is 0 Å². The highest BCUT2D eigenvalue weighted by molar-refractivity contribution is 8.00. The van der Waals surface area contributed by atoms with Gasteiger partial charge in [0.2, 0.25) is 11.8 Å². The lowest BCUT2D eigenvalue weighted by atomic mass is 10.2. The van der Waals surface area contributed by atoms with Crippen molar-refractivity contribution in [2.75, 3.05) is 0 Å². The smallest absolute Gasteiger partial charge is 0.247 e. The minimum absolute atomic E-state index is 0.460. The predicted molar refractivity (Wildman–Crippen MR) is 112 cm³/mol. The summed E-state index contributed by atoms with van der Waals surface area (Å²) in [4.78, 5) is 0. The molecule has 0 spiro atoms. The molecule has 2 aromatic heterocycles. The Balaban J connectivity index is 1.46. The summed E-state index contributed by atoms with van der Waals surface area (Å²) in [6.45, 7) is 0. The highest BCUT2D eigenvalue weighted by atomic mass is 35.5. The van der Waals surface area contributed by atoms with E-state index in [4.69, 9.17) is 39.8 Å². The van der Waals surface area contributed by atoms with E-state index in [0.29, 0.717) is 31.5 Å². The first-order valence-corrected chi connectivity index (χ1v) is 10.6. The van der Waals surface area contributed by atoms with E-state index in [0.717, 1.165) is 15.6 Å². The molecule has 0 saturated heterocycles. The quantitative estimate of drug-likeness (QED) is 0.261. The van der Waals surface area contributed by atoms with Crippen LogP contribution in [0.2, 0.25) is 10.0 Å². The molecule has 0 unspecified atom stereocenters. The summed E-state index contributed by atoms with van der Waals surface area (Å²) < 4.78 is 8.90. The van der Waals surface area contributed by atoms with Crippen molar-refractivity contribution in [2.24, 2.45) is 0 Å². The number of hydrogen-bond donors (Lipinski definition) is 0. The van der Waals surface area contributed by atoms with Crippen LogP contribution in [-0.2, 0) is 5.75 Å². The Hall–Kier alpha value is -1.71. The molecule has 0 radical (unpaired) electrons. The van der Waals surface area contributed by atoms with Crippen LogP contribution < -0.4 is 0 Å². The van der Waals surface area contributed by atoms with Crippen LogP contribution in [0.1, 0.15) is 5.89 Å². The number of hydrogen-bond acceptors (Lipinski definition) is 7. The van der Waals surface area contributed by atoms with E-state index < -0.39 is 0 Å². The molecule has 0 bridgehead atoms. The van der Waals surface area contributed by atoms with Gasteiger partial charge in [-0.2, -0.15) is 0 Å². The lowest BCUT2D eigenvalue weighted by molar-refractivity contribution is 0.528. The molecule has 0 amide bonds. The molecule has 0 saturated carbocycles. The Labute approximate surface area is 178 Å². The molecule has 0 atom stereocenters. The fraction of sp³-hybridized carbons (Fsp3) is 0.0588. The summed E-state index contributed by atoms with van der Waals surface area (Å²) >= 11 is 20.2. The van der Waals surface area contributed by atoms with Crippen LogP contribution in [0.15, 0.2) is 57.3 Å². The maximum absolute atomic E-state index is 5.93. The van der Waals surface area contributed by atoms with Gasteiger partial charge in [0, 0.05) is 15.6 Å². The highest BCUT2D eigenvalue weighted by Crippen LogP contribution is 2.28. The van der Waals surface area contributed by atoms with Crippen LogP contribution in [-0.4, -0.2) is 20.0 Å². The second-order valence-electron chi connectivity index (χ2n) is 5.32. The average molecular weight is 453 g/mol. The molecule has 0 aliphatic heterocycles. The van der Waals surface area contributed by atoms with Gasteiger partial charge in [0.1, 0.15) is 0 Å². The van der Waals surface area contributed by atoms with Gasteiger partial charge in [0.25, 0.3) is 0 Å². The molecule has 136 valence electrons. The van der Waals surface area contributed by atoms with E-state index in [1.165, 1.54) is 23.1 Å². The topological polar surface area (TPSA) is 56.7 Å². The molecule has 4 rings (SSSR count). The minimum atomic E-state index is 0.460. The largest absolute Gasteiger partial charge is 0.420 e. The number of thioether (sulfide) groups is 1. The van der Waals surface area contributed by atoms with Gasteiger partial charge in [-0.3, -0.25) is 0 Å². The lowest BCUT2D eigenvalue weighted by Crippen LogP contribution is -1.95. The Bertz CT molecular complexity index is 1120. The minimum Gasteiger partial charge on any atom is -0.420 e. The van der Waals surface area contributed by atoms with Crippen molar-refractivity contribution in [3.05, 3.63) is 68.4 Å². The zero-order valence-corrected chi connectivity index (χ0v) is 17.5. The summed E-state index contributed by atoms with van der Waals surface area (Å²) in [6, 6.07) is 14.6. The molecule has 2 heterocycles. The van der Waals surface area contributed by atoms with Crippen molar-refractivity contribution in [1.29, 1.82) is 0 Å². The third-order valence-electron chi connectivity index (χ3n) is 3.48. The molecule has 2 aromatic carbocycles. The van der Waals surface area contributed by atoms with Crippen LogP contribution in [0.5, 0.6) is 0 Å². The number of halogens is 2. The van der Waals surface area contributed by atoms with Gasteiger partial charge in [-0.05, 0) is 60.7 Å². The van der Waals surface area contributed by atoms with E-state index in [1.54, 1.807) is 16.8 Å². The third-order valence-corrected chi connectivity index (χ3v) is 6.33. The van der Waals surface area contributed by atoms with Crippen LogP contribution in [0.4, 0.5) is 0 Å². The van der Waals surface area contributed by atoms with Crippen LogP contribution in [0.3, 0.4) is 0 Å². The van der Waals surface area contributed by atoms with E-state index in [-0.39, 0.29) is 0 Å². The summed E-state index contributed by atoms with van der Waals surface area (Å²) in [5.74, 6) is 1.48. The molecular formula is C17H10Cl2N4OS3. The molecule has 27 heavy (non-hydrogen) atoms. The van der Waals surface area contributed by atoms with Crippen LogP contribution in [0, 0.1) is 3.95 Å². The summed E-state index contributed by atoms with van der Waals surface area (Å²) in [6.07, 6.45) is 0. The highest BCUT2D eigenvalue weighted by Gasteiger charge is 2.12. The van der Waals surface area contributed by atoms with E-state index in [9.17, 15) is 0 Å². The first kappa shape index (κ1) is 18.6. The first-order valence-electron chi connectivity index (χ1n) is 7.66. The zero-order chi connectivity index (χ0) is 18.8. The van der Waals surface area contributed by atoms with Gasteiger partial charge >= 0.3 is 0 Å². The molecule has 0 aliphatic rings. The summed E-state index contributed by atoms with van der Waals surface area (Å²) in [5.41, 5.74) is 1.70. The SMILES string of the molecule is S=c1sc(SCc2nnc(-c3ccc(Cl)cc3)o2)nn1-c1ccc(Cl)cc1. The molecular weight excluding hydrogens is 443 g/mol. The lowest BCUT2D eigenvalue weighted by Gasteiger charge is -1.99. The summed E-state index contributed by atoms with van der Waals surface area (Å²) in [7, 11) is 0. The first-order chi connectivity index (χ1) is 13.1. The second-order valence-corrected chi connectivity index (χ2v) is 9.04. The fourth-order valence-corrected chi connectivity index (χ4v) is 4.66. The molecule has 0 fully saturated rings. The zero-order valence-electron chi connectivity index (χ0n) is 13.5. The monoisotopic (exact) mass is 452 g/mol. The van der Waals surface area contributed by atoms with Gasteiger partial charge in [-0.25, -0.2) is 4.68 Å². The Morgan fingerprint density at radius 2 is 1.67 bits per heavy atom. The normalized spacial score (nSPS) is 11.0. The van der Waals surface area contributed by atoms with Crippen molar-refractivity contribution in [2.45, 2.75) is 10.1 Å². The van der Waals surface area contributed by atoms with Crippen molar-refractivity contribution < 1.29 is 4.42 Å². The second kappa shape index (κ2) is 8.12. The van der Waals surface area contributed by atoms with E-state index >= 15 is 0 Å². The van der Waals surface area contributed by atoms with Gasteiger partial charge in [-0.1, -0.05) is 46.3 Å². The fourth-order valence-electron chi connectivity index (χ4n) is 2.21. The maximum Gasteiger partial charge on any atom is 0.247 e. The van der Waals surface area contributed by atoms with E-state index in [2.05, 4.69) is 15.3 Å². The standard InChI is InChI=1S/C17H10Cl2N4OS3/c18-11-3-1-10(2-4-11)15-21-20-14(24-15)9-26-16-22-23(17(25)27-16)13-7-5-12(19)6-8-13/h1-8H,9H2. The number of nitrogens with zero attached hydrogens (tertiary/aromatic N) is 4. The van der Waals surface area contributed by atoms with Crippen LogP contribution >= 0.6 is 58.5 Å². The van der Waals surface area contributed by atoms with Gasteiger partial charge < -0.3 is 4.42 Å². The van der Waals surface area contributed by atoms with Gasteiger partial charge in [0.15, 0.2) is 8.29 Å². The van der Waals surface area contributed by atoms with Crippen molar-refractivity contribution in [1.82, 2.24) is 20.0 Å². The molecule has 0 N–H and O–H groups in total. The number of benzene rings is 2. The predicted octanol–water partition coefficient (Wildman–Crippen LogP) is 6.31. The number of aromatic nitrogens is 4. The maximum atomic E-state index is 5.93. The Morgan fingerprint density at radius 3 is 2.37 bits per heavy atom. The third kappa shape index (κ3) is 4.41. The van der Waals surface area contributed by atoms with E-state index in [1.807, 2.05) is 36.4 Å². The molecule has 4 aromatic rings. The van der Waals surface area contributed by atoms with Gasteiger partial charge in [0.05, 0.1) is 11.4 Å². The van der Waals surface area contributed by atoms with Crippen molar-refractivity contribution in [3.8, 4) is 17.1 Å². The Kier molecular flexibility index (Phi) is 5.60. The molecule has 0 aliphatic carbocycles. The Morgan fingerprint density at radius 1 is 1.00 bits per heavy atom. The molecule has 5 nitrogen and oxygen atoms in total. The summed E-state index contributed by atoms with van der Waals surface area (Å²) in [5, 5.41) is 14.0. The van der Waals surface area contributed by atoms with Crippen LogP contribution in [0.25, 0.3) is 17.1 Å². The molecule has 10 heteroatoms. The average Bonchev–Trinajstić information content (AvgIpc) is 3.28. The van der Waals surface area contributed by atoms with Gasteiger partial charge in [-0.15, -0.1) is 15.3 Å². The number of rotatable bonds is 5.